The molecule has 2 aliphatic heterocycles. The molecule has 0 radical (unpaired) electrons. The number of hydrogen-bond acceptors (Lipinski definition) is 4. The lowest BCUT2D eigenvalue weighted by Gasteiger charge is -2.36. The van der Waals surface area contributed by atoms with Gasteiger partial charge < -0.3 is 15.0 Å². The van der Waals surface area contributed by atoms with E-state index in [9.17, 15) is 23.1 Å². The molecule has 2 unspecified atom stereocenters. The molecule has 2 aromatic rings. The summed E-state index contributed by atoms with van der Waals surface area (Å²) >= 11 is 0. The molecular formula is C23H27F3N4O2. The highest BCUT2D eigenvalue weighted by Crippen LogP contribution is 2.37. The molecule has 2 atom stereocenters. The molecule has 6 nitrogen and oxygen atoms in total. The lowest BCUT2D eigenvalue weighted by Crippen LogP contribution is -2.45. The van der Waals surface area contributed by atoms with E-state index in [1.807, 2.05) is 4.90 Å². The van der Waals surface area contributed by atoms with Gasteiger partial charge in [-0.1, -0.05) is 12.1 Å². The predicted octanol–water partition coefficient (Wildman–Crippen LogP) is 3.69. The average molecular weight is 448 g/mol. The van der Waals surface area contributed by atoms with Gasteiger partial charge in [-0.05, 0) is 50.7 Å². The summed E-state index contributed by atoms with van der Waals surface area (Å²) in [4.78, 5) is 24.7. The number of carbonyl (C=O) groups excluding carboxylic acids is 1. The molecule has 1 saturated carbocycles. The first-order valence-corrected chi connectivity index (χ1v) is 11.3. The van der Waals surface area contributed by atoms with Gasteiger partial charge in [0.25, 0.3) is 5.91 Å². The maximum atomic E-state index is 13.2. The summed E-state index contributed by atoms with van der Waals surface area (Å²) < 4.78 is 39.1. The Hall–Kier alpha value is -2.39. The molecule has 5 rings (SSSR count). The van der Waals surface area contributed by atoms with Gasteiger partial charge in [-0.2, -0.15) is 13.2 Å². The Labute approximate surface area is 184 Å². The van der Waals surface area contributed by atoms with Crippen LogP contribution >= 0.6 is 0 Å². The lowest BCUT2D eigenvalue weighted by atomic mass is 9.91. The minimum absolute atomic E-state index is 0.148. The van der Waals surface area contributed by atoms with Crippen molar-refractivity contribution in [1.29, 1.82) is 0 Å². The number of nitrogens with zero attached hydrogens (tertiary/aromatic N) is 3. The van der Waals surface area contributed by atoms with Crippen LogP contribution in [0, 0.1) is 0 Å². The van der Waals surface area contributed by atoms with Crippen LogP contribution in [-0.4, -0.2) is 68.1 Å². The van der Waals surface area contributed by atoms with Crippen LogP contribution in [-0.2, 0) is 6.18 Å². The normalized spacial score (nSPS) is 28.8. The molecule has 172 valence electrons. The van der Waals surface area contributed by atoms with E-state index in [1.54, 1.807) is 6.07 Å². The van der Waals surface area contributed by atoms with Crippen molar-refractivity contribution < 1.29 is 23.1 Å². The fourth-order valence-electron chi connectivity index (χ4n) is 5.69. The zero-order valence-electron chi connectivity index (χ0n) is 17.7. The van der Waals surface area contributed by atoms with Crippen molar-refractivity contribution in [2.45, 2.75) is 68.9 Å². The molecule has 0 spiro atoms. The third-order valence-corrected chi connectivity index (χ3v) is 7.28. The molecule has 1 aliphatic carbocycles. The van der Waals surface area contributed by atoms with Crippen LogP contribution in [0.3, 0.4) is 0 Å². The molecule has 1 aromatic carbocycles. The number of aliphatic hydroxyl groups excluding tert-OH is 1. The number of nitrogens with one attached hydrogen (secondary N) is 1. The number of aliphatic hydroxyl groups is 1. The number of H-pyrrole nitrogens is 1. The van der Waals surface area contributed by atoms with E-state index >= 15 is 0 Å². The highest BCUT2D eigenvalue weighted by atomic mass is 19.4. The number of aromatic amines is 1. The molecule has 1 amide bonds. The molecule has 3 heterocycles. The Morgan fingerprint density at radius 3 is 2.56 bits per heavy atom. The Morgan fingerprint density at radius 1 is 1.06 bits per heavy atom. The van der Waals surface area contributed by atoms with E-state index in [0.29, 0.717) is 29.9 Å². The minimum atomic E-state index is -4.43. The summed E-state index contributed by atoms with van der Waals surface area (Å²) in [5.41, 5.74) is -0.148. The zero-order chi connectivity index (χ0) is 22.5. The van der Waals surface area contributed by atoms with Crippen molar-refractivity contribution in [2.24, 2.45) is 0 Å². The largest absolute Gasteiger partial charge is 0.416 e. The molecule has 2 saturated heterocycles. The van der Waals surface area contributed by atoms with Gasteiger partial charge in [0.15, 0.2) is 0 Å². The van der Waals surface area contributed by atoms with Crippen molar-refractivity contribution in [3.05, 3.63) is 41.7 Å². The van der Waals surface area contributed by atoms with Crippen molar-refractivity contribution in [3.63, 3.8) is 0 Å². The van der Waals surface area contributed by atoms with Gasteiger partial charge in [0, 0.05) is 36.8 Å². The molecule has 0 bridgehead atoms. The predicted molar refractivity (Wildman–Crippen MR) is 112 cm³/mol. The van der Waals surface area contributed by atoms with Crippen molar-refractivity contribution in [1.82, 2.24) is 19.8 Å². The summed E-state index contributed by atoms with van der Waals surface area (Å²) in [6.07, 6.45) is 2.32. The number of alkyl halides is 3. The molecule has 32 heavy (non-hydrogen) atoms. The van der Waals surface area contributed by atoms with Crippen LogP contribution in [0.25, 0.3) is 11.4 Å². The van der Waals surface area contributed by atoms with Crippen molar-refractivity contribution in [3.8, 4) is 11.4 Å². The smallest absolute Gasteiger partial charge is 0.393 e. The van der Waals surface area contributed by atoms with Crippen LogP contribution in [0.1, 0.15) is 54.6 Å². The van der Waals surface area contributed by atoms with Crippen LogP contribution in [0.5, 0.6) is 0 Å². The van der Waals surface area contributed by atoms with Gasteiger partial charge in [-0.3, -0.25) is 9.69 Å². The maximum absolute atomic E-state index is 13.2. The van der Waals surface area contributed by atoms with Crippen molar-refractivity contribution in [2.75, 3.05) is 13.1 Å². The Balaban J connectivity index is 1.29. The second-order valence-electron chi connectivity index (χ2n) is 9.13. The topological polar surface area (TPSA) is 72.5 Å². The zero-order valence-corrected chi connectivity index (χ0v) is 17.7. The van der Waals surface area contributed by atoms with Gasteiger partial charge >= 0.3 is 6.18 Å². The maximum Gasteiger partial charge on any atom is 0.416 e. The standard InChI is InChI=1S/C23H27F3N4O2/c24-23(25,26)15-3-1-2-14(12-15)21-27-13-18(28-21)22(32)30-11-9-19-20(30)8-10-29(19)16-4-6-17(31)7-5-16/h1-3,12-13,16-17,19-20,31H,4-11H2,(H,27,28). The first-order valence-electron chi connectivity index (χ1n) is 11.3. The second-order valence-corrected chi connectivity index (χ2v) is 9.13. The van der Waals surface area contributed by atoms with Crippen LogP contribution in [0.15, 0.2) is 30.5 Å². The van der Waals surface area contributed by atoms with Crippen LogP contribution in [0.4, 0.5) is 13.2 Å². The quantitative estimate of drug-likeness (QED) is 0.751. The third-order valence-electron chi connectivity index (χ3n) is 7.28. The van der Waals surface area contributed by atoms with Crippen LogP contribution in [0.2, 0.25) is 0 Å². The summed E-state index contributed by atoms with van der Waals surface area (Å²) in [5.74, 6) is 0.105. The van der Waals surface area contributed by atoms with Gasteiger partial charge in [-0.15, -0.1) is 0 Å². The van der Waals surface area contributed by atoms with Gasteiger partial charge in [0.2, 0.25) is 0 Å². The monoisotopic (exact) mass is 448 g/mol. The molecule has 1 aromatic heterocycles. The lowest BCUT2D eigenvalue weighted by molar-refractivity contribution is -0.137. The number of halogens is 3. The molecule has 9 heteroatoms. The van der Waals surface area contributed by atoms with E-state index in [1.165, 1.54) is 12.3 Å². The number of fused-ring (bicyclic) bond motifs is 1. The van der Waals surface area contributed by atoms with Crippen molar-refractivity contribution >= 4 is 5.91 Å². The SMILES string of the molecule is O=C(c1cnc(-c2cccc(C(F)(F)F)c2)[nH]1)N1CCC2C1CCN2C1CCC(O)CC1. The number of carbonyl (C=O) groups is 1. The summed E-state index contributed by atoms with van der Waals surface area (Å²) in [5, 5.41) is 9.80. The van der Waals surface area contributed by atoms with Gasteiger partial charge in [-0.25, -0.2) is 4.98 Å². The Bertz CT molecular complexity index is 984. The molecule has 3 fully saturated rings. The molecule has 3 aliphatic rings. The second kappa shape index (κ2) is 8.19. The number of amides is 1. The minimum Gasteiger partial charge on any atom is -0.393 e. The number of hydrogen-bond donors (Lipinski definition) is 2. The Kier molecular flexibility index (Phi) is 5.49. The summed E-state index contributed by atoms with van der Waals surface area (Å²) in [7, 11) is 0. The summed E-state index contributed by atoms with van der Waals surface area (Å²) in [6, 6.07) is 5.90. The van der Waals surface area contributed by atoms with E-state index in [-0.39, 0.29) is 23.9 Å². The van der Waals surface area contributed by atoms with E-state index < -0.39 is 11.7 Å². The fourth-order valence-corrected chi connectivity index (χ4v) is 5.69. The van der Waals surface area contributed by atoms with Crippen LogP contribution < -0.4 is 0 Å². The van der Waals surface area contributed by atoms with E-state index in [2.05, 4.69) is 14.9 Å². The number of imidazole rings is 1. The van der Waals surface area contributed by atoms with E-state index in [4.69, 9.17) is 0 Å². The molecular weight excluding hydrogens is 421 g/mol. The van der Waals surface area contributed by atoms with Gasteiger partial charge in [0.05, 0.1) is 17.9 Å². The number of benzene rings is 1. The highest BCUT2D eigenvalue weighted by molar-refractivity contribution is 5.93. The van der Waals surface area contributed by atoms with E-state index in [0.717, 1.165) is 57.2 Å². The average Bonchev–Trinajstić information content (AvgIpc) is 3.50. The number of likely N-dealkylation sites (tertiary alicyclic amines) is 2. The number of aromatic nitrogens is 2. The molecule has 2 N–H and O–H groups in total. The number of rotatable bonds is 3. The first-order chi connectivity index (χ1) is 15.3. The first kappa shape index (κ1) is 21.5. The third kappa shape index (κ3) is 3.92. The Morgan fingerprint density at radius 2 is 1.81 bits per heavy atom. The summed E-state index contributed by atoms with van der Waals surface area (Å²) in [6.45, 7) is 1.62. The van der Waals surface area contributed by atoms with Gasteiger partial charge in [0.1, 0.15) is 11.5 Å². The highest BCUT2D eigenvalue weighted by Gasteiger charge is 2.47. The fraction of sp³-hybridized carbons (Fsp3) is 0.565.